The Hall–Kier alpha value is -0.800. The first-order chi connectivity index (χ1) is 7.43. The monoisotopic (exact) mass is 224 g/mol. The fraction of sp³-hybridized carbons (Fsp3) is 0.692. The fourth-order valence-electron chi connectivity index (χ4n) is 1.79. The van der Waals surface area contributed by atoms with Crippen molar-refractivity contribution < 1.29 is 4.42 Å². The Bertz CT molecular complexity index is 317. The summed E-state index contributed by atoms with van der Waals surface area (Å²) in [6.07, 6.45) is 0.963. The van der Waals surface area contributed by atoms with Crippen LogP contribution in [-0.4, -0.2) is 31.6 Å². The molecule has 0 bridgehead atoms. The highest BCUT2D eigenvalue weighted by atomic mass is 16.3. The molecule has 0 radical (unpaired) electrons. The molecule has 0 fully saturated rings. The fourth-order valence-corrected chi connectivity index (χ4v) is 1.79. The van der Waals surface area contributed by atoms with Crippen LogP contribution in [0.15, 0.2) is 16.5 Å². The average Bonchev–Trinajstić information content (AvgIpc) is 2.61. The Morgan fingerprint density at radius 3 is 2.56 bits per heavy atom. The van der Waals surface area contributed by atoms with Crippen LogP contribution in [0.5, 0.6) is 0 Å². The molecular formula is C13H24N2O. The Morgan fingerprint density at radius 1 is 1.38 bits per heavy atom. The van der Waals surface area contributed by atoms with E-state index < -0.39 is 0 Å². The van der Waals surface area contributed by atoms with E-state index in [1.54, 1.807) is 0 Å². The van der Waals surface area contributed by atoms with Gasteiger partial charge in [-0.25, -0.2) is 0 Å². The van der Waals surface area contributed by atoms with Crippen molar-refractivity contribution in [3.05, 3.63) is 23.7 Å². The highest BCUT2D eigenvalue weighted by Crippen LogP contribution is 2.14. The summed E-state index contributed by atoms with van der Waals surface area (Å²) < 4.78 is 5.54. The molecular weight excluding hydrogens is 200 g/mol. The Morgan fingerprint density at radius 2 is 2.06 bits per heavy atom. The molecule has 0 spiro atoms. The van der Waals surface area contributed by atoms with Crippen LogP contribution >= 0.6 is 0 Å². The maximum absolute atomic E-state index is 5.72. The van der Waals surface area contributed by atoms with Crippen LogP contribution in [0.4, 0.5) is 0 Å². The molecule has 0 aromatic carbocycles. The van der Waals surface area contributed by atoms with E-state index in [-0.39, 0.29) is 5.41 Å². The minimum Gasteiger partial charge on any atom is -0.466 e. The topological polar surface area (TPSA) is 42.4 Å². The summed E-state index contributed by atoms with van der Waals surface area (Å²) >= 11 is 0. The third kappa shape index (κ3) is 4.37. The highest BCUT2D eigenvalue weighted by Gasteiger charge is 2.17. The molecule has 0 amide bonds. The van der Waals surface area contributed by atoms with Gasteiger partial charge in [-0.05, 0) is 38.1 Å². The van der Waals surface area contributed by atoms with Crippen LogP contribution in [0.25, 0.3) is 0 Å². The zero-order valence-corrected chi connectivity index (χ0v) is 10.9. The van der Waals surface area contributed by atoms with Crippen LogP contribution in [0, 0.1) is 12.3 Å². The summed E-state index contributed by atoms with van der Waals surface area (Å²) in [5.74, 6) is 2.05. The first-order valence-corrected chi connectivity index (χ1v) is 5.87. The van der Waals surface area contributed by atoms with Crippen molar-refractivity contribution in [3.8, 4) is 0 Å². The largest absolute Gasteiger partial charge is 0.466 e. The van der Waals surface area contributed by atoms with Gasteiger partial charge in [0, 0.05) is 19.5 Å². The van der Waals surface area contributed by atoms with Crippen LogP contribution in [0.3, 0.4) is 0 Å². The number of hydrogen-bond acceptors (Lipinski definition) is 3. The number of nitrogens with zero attached hydrogens (tertiary/aromatic N) is 1. The number of aryl methyl sites for hydroxylation is 1. The average molecular weight is 224 g/mol. The smallest absolute Gasteiger partial charge is 0.105 e. The van der Waals surface area contributed by atoms with Gasteiger partial charge in [0.25, 0.3) is 0 Å². The second kappa shape index (κ2) is 5.51. The predicted molar refractivity (Wildman–Crippen MR) is 67.5 cm³/mol. The molecule has 0 atom stereocenters. The van der Waals surface area contributed by atoms with Crippen molar-refractivity contribution in [2.45, 2.75) is 27.2 Å². The molecule has 0 saturated carbocycles. The van der Waals surface area contributed by atoms with Crippen molar-refractivity contribution >= 4 is 0 Å². The Kier molecular flexibility index (Phi) is 4.56. The zero-order chi connectivity index (χ0) is 12.2. The van der Waals surface area contributed by atoms with Gasteiger partial charge in [0.1, 0.15) is 11.5 Å². The van der Waals surface area contributed by atoms with Gasteiger partial charge in [0.15, 0.2) is 0 Å². The number of hydrogen-bond donors (Lipinski definition) is 1. The lowest BCUT2D eigenvalue weighted by molar-refractivity contribution is 0.214. The second-order valence-corrected chi connectivity index (χ2v) is 5.37. The first kappa shape index (κ1) is 13.3. The molecule has 3 nitrogen and oxygen atoms in total. The normalized spacial score (nSPS) is 12.4. The van der Waals surface area contributed by atoms with Crippen LogP contribution in [0.1, 0.15) is 25.4 Å². The summed E-state index contributed by atoms with van der Waals surface area (Å²) in [6, 6.07) is 4.07. The SMILES string of the molecule is Cc1ccc(CCN(C)CC(C)(C)CN)o1. The number of likely N-dealkylation sites (N-methyl/N-ethyl adjacent to an activating group) is 1. The quantitative estimate of drug-likeness (QED) is 0.804. The molecule has 92 valence electrons. The van der Waals surface area contributed by atoms with Crippen molar-refractivity contribution in [3.63, 3.8) is 0 Å². The van der Waals surface area contributed by atoms with Gasteiger partial charge in [0.05, 0.1) is 0 Å². The van der Waals surface area contributed by atoms with Gasteiger partial charge in [-0.1, -0.05) is 13.8 Å². The van der Waals surface area contributed by atoms with Crippen molar-refractivity contribution in [2.75, 3.05) is 26.7 Å². The minimum absolute atomic E-state index is 0.188. The first-order valence-electron chi connectivity index (χ1n) is 5.87. The molecule has 1 aromatic heterocycles. The van der Waals surface area contributed by atoms with Crippen molar-refractivity contribution in [1.29, 1.82) is 0 Å². The molecule has 1 rings (SSSR count). The molecule has 2 N–H and O–H groups in total. The Balaban J connectivity index is 2.33. The van der Waals surface area contributed by atoms with E-state index in [9.17, 15) is 0 Å². The third-order valence-corrected chi connectivity index (χ3v) is 2.79. The molecule has 0 aliphatic heterocycles. The molecule has 0 unspecified atom stereocenters. The van der Waals surface area contributed by atoms with Gasteiger partial charge in [-0.15, -0.1) is 0 Å². The lowest BCUT2D eigenvalue weighted by Gasteiger charge is -2.28. The van der Waals surface area contributed by atoms with Crippen LogP contribution < -0.4 is 5.73 Å². The molecule has 3 heteroatoms. The molecule has 16 heavy (non-hydrogen) atoms. The van der Waals surface area contributed by atoms with E-state index in [1.165, 1.54) is 0 Å². The van der Waals surface area contributed by atoms with E-state index in [1.807, 2.05) is 13.0 Å². The molecule has 0 aliphatic carbocycles. The summed E-state index contributed by atoms with van der Waals surface area (Å²) in [7, 11) is 2.13. The summed E-state index contributed by atoms with van der Waals surface area (Å²) in [6.45, 7) is 9.11. The summed E-state index contributed by atoms with van der Waals surface area (Å²) in [5, 5.41) is 0. The standard InChI is InChI=1S/C13H24N2O/c1-11-5-6-12(16-11)7-8-15(4)10-13(2,3)9-14/h5-6H,7-10,14H2,1-4H3. The second-order valence-electron chi connectivity index (χ2n) is 5.37. The lowest BCUT2D eigenvalue weighted by Crippen LogP contribution is -2.37. The van der Waals surface area contributed by atoms with Crippen molar-refractivity contribution in [2.24, 2.45) is 11.1 Å². The van der Waals surface area contributed by atoms with Gasteiger partial charge in [-0.3, -0.25) is 0 Å². The van der Waals surface area contributed by atoms with Gasteiger partial charge >= 0.3 is 0 Å². The molecule has 1 heterocycles. The van der Waals surface area contributed by atoms with E-state index >= 15 is 0 Å². The zero-order valence-electron chi connectivity index (χ0n) is 10.9. The number of furan rings is 1. The van der Waals surface area contributed by atoms with Crippen molar-refractivity contribution in [1.82, 2.24) is 4.90 Å². The third-order valence-electron chi connectivity index (χ3n) is 2.79. The Labute approximate surface area is 98.6 Å². The van der Waals surface area contributed by atoms with Crippen LogP contribution in [-0.2, 0) is 6.42 Å². The van der Waals surface area contributed by atoms with Gasteiger partial charge < -0.3 is 15.1 Å². The van der Waals surface area contributed by atoms with E-state index in [2.05, 4.69) is 31.9 Å². The minimum atomic E-state index is 0.188. The van der Waals surface area contributed by atoms with Gasteiger partial charge in [-0.2, -0.15) is 0 Å². The number of rotatable bonds is 6. The maximum Gasteiger partial charge on any atom is 0.105 e. The predicted octanol–water partition coefficient (Wildman–Crippen LogP) is 2.05. The van der Waals surface area contributed by atoms with E-state index in [0.717, 1.165) is 37.6 Å². The molecule has 1 aromatic rings. The lowest BCUT2D eigenvalue weighted by atomic mass is 9.93. The number of nitrogens with two attached hydrogens (primary N) is 1. The van der Waals surface area contributed by atoms with Crippen LogP contribution in [0.2, 0.25) is 0 Å². The van der Waals surface area contributed by atoms with E-state index in [0.29, 0.717) is 0 Å². The van der Waals surface area contributed by atoms with E-state index in [4.69, 9.17) is 10.2 Å². The summed E-state index contributed by atoms with van der Waals surface area (Å²) in [5.41, 5.74) is 5.91. The molecule has 0 saturated heterocycles. The maximum atomic E-state index is 5.72. The highest BCUT2D eigenvalue weighted by molar-refractivity contribution is 5.05. The molecule has 0 aliphatic rings. The summed E-state index contributed by atoms with van der Waals surface area (Å²) in [4.78, 5) is 2.31. The van der Waals surface area contributed by atoms with Gasteiger partial charge in [0.2, 0.25) is 0 Å².